The summed E-state index contributed by atoms with van der Waals surface area (Å²) in [5, 5.41) is 2.74. The number of piperazine rings is 1. The molecule has 1 aliphatic heterocycles. The molecule has 1 aromatic rings. The van der Waals surface area contributed by atoms with Crippen LogP contribution in [0.4, 0.5) is 4.39 Å². The van der Waals surface area contributed by atoms with Gasteiger partial charge in [0.25, 0.3) is 5.12 Å². The molecule has 0 amide bonds. The number of halogens is 1. The van der Waals surface area contributed by atoms with Crippen LogP contribution in [0.1, 0.15) is 0 Å². The van der Waals surface area contributed by atoms with Crippen LogP contribution in [0.15, 0.2) is 35.2 Å². The Labute approximate surface area is 93.8 Å². The van der Waals surface area contributed by atoms with E-state index >= 15 is 0 Å². The third-order valence-corrected chi connectivity index (χ3v) is 4.56. The third kappa shape index (κ3) is 1.83. The highest BCUT2D eigenvalue weighted by atomic mass is 32.2. The molecule has 16 heavy (non-hydrogen) atoms. The highest BCUT2D eigenvalue weighted by Crippen LogP contribution is 2.25. The molecular formula is C10H13FN2O2S. The second-order valence-corrected chi connectivity index (χ2v) is 5.77. The van der Waals surface area contributed by atoms with Gasteiger partial charge >= 0.3 is 0 Å². The van der Waals surface area contributed by atoms with Crippen molar-refractivity contribution in [3.05, 3.63) is 30.3 Å². The van der Waals surface area contributed by atoms with Crippen LogP contribution in [-0.4, -0.2) is 33.2 Å². The summed E-state index contributed by atoms with van der Waals surface area (Å²) in [6, 6.07) is 7.63. The summed E-state index contributed by atoms with van der Waals surface area (Å²) in [5.41, 5.74) is 0. The summed E-state index contributed by atoms with van der Waals surface area (Å²) in [5.74, 6) is 0. The molecule has 0 aromatic heterocycles. The van der Waals surface area contributed by atoms with Gasteiger partial charge in [0.1, 0.15) is 0 Å². The predicted octanol–water partition coefficient (Wildman–Crippen LogP) is 0.276. The first-order chi connectivity index (χ1) is 7.56. The zero-order valence-electron chi connectivity index (χ0n) is 8.61. The Morgan fingerprint density at radius 3 is 2.44 bits per heavy atom. The summed E-state index contributed by atoms with van der Waals surface area (Å²) < 4.78 is 38.3. The minimum atomic E-state index is -4.00. The van der Waals surface area contributed by atoms with Gasteiger partial charge in [-0.05, 0) is 12.1 Å². The Balaban J connectivity index is 2.39. The molecule has 1 fully saturated rings. The van der Waals surface area contributed by atoms with E-state index in [-0.39, 0.29) is 11.4 Å². The van der Waals surface area contributed by atoms with Crippen molar-refractivity contribution in [3.8, 4) is 0 Å². The predicted molar refractivity (Wildman–Crippen MR) is 58.3 cm³/mol. The minimum Gasteiger partial charge on any atom is -0.310 e. The van der Waals surface area contributed by atoms with Crippen molar-refractivity contribution in [2.45, 2.75) is 10.0 Å². The van der Waals surface area contributed by atoms with Crippen LogP contribution in [0, 0.1) is 0 Å². The molecule has 4 nitrogen and oxygen atoms in total. The molecule has 6 heteroatoms. The van der Waals surface area contributed by atoms with Crippen molar-refractivity contribution in [3.63, 3.8) is 0 Å². The smallest absolute Gasteiger partial charge is 0.279 e. The van der Waals surface area contributed by atoms with Crippen molar-refractivity contribution in [1.82, 2.24) is 10.6 Å². The lowest BCUT2D eigenvalue weighted by atomic mass is 10.4. The van der Waals surface area contributed by atoms with E-state index < -0.39 is 15.0 Å². The maximum absolute atomic E-state index is 14.3. The number of alkyl halides is 1. The Morgan fingerprint density at radius 2 is 1.88 bits per heavy atom. The Morgan fingerprint density at radius 1 is 1.19 bits per heavy atom. The largest absolute Gasteiger partial charge is 0.310 e. The van der Waals surface area contributed by atoms with E-state index in [0.717, 1.165) is 0 Å². The Kier molecular flexibility index (Phi) is 2.96. The van der Waals surface area contributed by atoms with Gasteiger partial charge < -0.3 is 5.32 Å². The molecule has 0 radical (unpaired) electrons. The Bertz CT molecular complexity index is 455. The number of benzene rings is 1. The van der Waals surface area contributed by atoms with E-state index in [1.165, 1.54) is 12.1 Å². The van der Waals surface area contributed by atoms with Crippen molar-refractivity contribution in [2.24, 2.45) is 0 Å². The van der Waals surface area contributed by atoms with Gasteiger partial charge in [-0.25, -0.2) is 12.8 Å². The van der Waals surface area contributed by atoms with E-state index in [1.54, 1.807) is 18.2 Å². The molecule has 1 atom stereocenters. The van der Waals surface area contributed by atoms with E-state index in [1.807, 2.05) is 0 Å². The lowest BCUT2D eigenvalue weighted by molar-refractivity contribution is 0.183. The third-order valence-electron chi connectivity index (χ3n) is 2.52. The van der Waals surface area contributed by atoms with Crippen LogP contribution in [0.25, 0.3) is 0 Å². The molecule has 0 aliphatic carbocycles. The Hall–Kier alpha value is -0.980. The van der Waals surface area contributed by atoms with E-state index in [9.17, 15) is 12.8 Å². The van der Waals surface area contributed by atoms with Crippen LogP contribution < -0.4 is 10.6 Å². The zero-order valence-corrected chi connectivity index (χ0v) is 9.43. The first-order valence-corrected chi connectivity index (χ1v) is 6.49. The number of sulfone groups is 1. The fraction of sp³-hybridized carbons (Fsp3) is 0.400. The summed E-state index contributed by atoms with van der Waals surface area (Å²) in [6.07, 6.45) is 0. The molecule has 2 rings (SSSR count). The number of nitrogens with one attached hydrogen (secondary N) is 2. The van der Waals surface area contributed by atoms with Gasteiger partial charge in [0.2, 0.25) is 9.84 Å². The maximum atomic E-state index is 14.3. The summed E-state index contributed by atoms with van der Waals surface area (Å²) >= 11 is 0. The molecule has 1 aliphatic rings. The van der Waals surface area contributed by atoms with Crippen molar-refractivity contribution < 1.29 is 12.8 Å². The topological polar surface area (TPSA) is 58.2 Å². The normalized spacial score (nSPS) is 26.6. The number of hydrogen-bond donors (Lipinski definition) is 2. The van der Waals surface area contributed by atoms with Crippen molar-refractivity contribution in [1.29, 1.82) is 0 Å². The van der Waals surface area contributed by atoms with Gasteiger partial charge in [-0.3, -0.25) is 5.32 Å². The van der Waals surface area contributed by atoms with Crippen LogP contribution in [0.2, 0.25) is 0 Å². The second kappa shape index (κ2) is 4.12. The molecule has 0 bridgehead atoms. The maximum Gasteiger partial charge on any atom is 0.279 e. The van der Waals surface area contributed by atoms with Gasteiger partial charge in [-0.1, -0.05) is 18.2 Å². The SMILES string of the molecule is O=S(=O)(c1ccccc1)C1(F)CNCCN1. The average Bonchev–Trinajstić information content (AvgIpc) is 2.31. The molecule has 88 valence electrons. The summed E-state index contributed by atoms with van der Waals surface area (Å²) in [7, 11) is -4.00. The first kappa shape index (κ1) is 11.5. The highest BCUT2D eigenvalue weighted by molar-refractivity contribution is 7.92. The van der Waals surface area contributed by atoms with Crippen molar-refractivity contribution in [2.75, 3.05) is 19.6 Å². The molecule has 2 N–H and O–H groups in total. The van der Waals surface area contributed by atoms with Gasteiger partial charge in [0.05, 0.1) is 11.4 Å². The highest BCUT2D eigenvalue weighted by Gasteiger charge is 2.46. The van der Waals surface area contributed by atoms with Gasteiger partial charge in [0, 0.05) is 13.1 Å². The molecule has 1 heterocycles. The van der Waals surface area contributed by atoms with Crippen LogP contribution in [0.5, 0.6) is 0 Å². The van der Waals surface area contributed by atoms with E-state index in [4.69, 9.17) is 0 Å². The average molecular weight is 244 g/mol. The number of hydrogen-bond acceptors (Lipinski definition) is 4. The minimum absolute atomic E-state index is 0.00583. The second-order valence-electron chi connectivity index (χ2n) is 3.65. The summed E-state index contributed by atoms with van der Waals surface area (Å²) in [6.45, 7) is 0.628. The lowest BCUT2D eigenvalue weighted by Gasteiger charge is -2.30. The first-order valence-electron chi connectivity index (χ1n) is 5.01. The molecule has 0 saturated carbocycles. The van der Waals surface area contributed by atoms with Gasteiger partial charge in [-0.2, -0.15) is 0 Å². The monoisotopic (exact) mass is 244 g/mol. The molecule has 1 aromatic carbocycles. The standard InChI is InChI=1S/C10H13FN2O2S/c11-10(8-12-6-7-13-10)16(14,15)9-4-2-1-3-5-9/h1-5,12-13H,6-8H2. The molecule has 1 saturated heterocycles. The molecule has 1 unspecified atom stereocenters. The molecular weight excluding hydrogens is 231 g/mol. The fourth-order valence-electron chi connectivity index (χ4n) is 1.63. The van der Waals surface area contributed by atoms with Crippen LogP contribution in [0.3, 0.4) is 0 Å². The van der Waals surface area contributed by atoms with Crippen molar-refractivity contribution >= 4 is 9.84 Å². The van der Waals surface area contributed by atoms with Crippen LogP contribution in [-0.2, 0) is 9.84 Å². The quantitative estimate of drug-likeness (QED) is 0.734. The number of rotatable bonds is 2. The summed E-state index contributed by atoms with van der Waals surface area (Å²) in [4.78, 5) is -0.00583. The van der Waals surface area contributed by atoms with Crippen LogP contribution >= 0.6 is 0 Å². The molecule has 0 spiro atoms. The van der Waals surface area contributed by atoms with E-state index in [0.29, 0.717) is 13.1 Å². The van der Waals surface area contributed by atoms with Gasteiger partial charge in [-0.15, -0.1) is 0 Å². The van der Waals surface area contributed by atoms with E-state index in [2.05, 4.69) is 10.6 Å². The lowest BCUT2D eigenvalue weighted by Crippen LogP contribution is -2.60. The van der Waals surface area contributed by atoms with Gasteiger partial charge in [0.15, 0.2) is 0 Å². The fourth-order valence-corrected chi connectivity index (χ4v) is 3.10. The zero-order chi connectivity index (χ0) is 11.6.